The van der Waals surface area contributed by atoms with Crippen molar-refractivity contribution in [2.24, 2.45) is 0 Å². The van der Waals surface area contributed by atoms with Gasteiger partial charge in [-0.15, -0.1) is 0 Å². The van der Waals surface area contributed by atoms with E-state index in [1.165, 1.54) is 5.69 Å². The third-order valence-electron chi connectivity index (χ3n) is 5.32. The second-order valence-electron chi connectivity index (χ2n) is 7.74. The summed E-state index contributed by atoms with van der Waals surface area (Å²) in [6, 6.07) is 7.54. The number of nitrogens with one attached hydrogen (secondary N) is 1. The van der Waals surface area contributed by atoms with Gasteiger partial charge in [0.25, 0.3) is 5.91 Å². The van der Waals surface area contributed by atoms with Gasteiger partial charge < -0.3 is 10.4 Å². The number of amides is 1. The maximum absolute atomic E-state index is 12.8. The first-order chi connectivity index (χ1) is 11.9. The fourth-order valence-electron chi connectivity index (χ4n) is 4.08. The van der Waals surface area contributed by atoms with Gasteiger partial charge in [-0.05, 0) is 63.3 Å². The van der Waals surface area contributed by atoms with Crippen LogP contribution in [-0.4, -0.2) is 32.9 Å². The van der Waals surface area contributed by atoms with E-state index in [2.05, 4.69) is 10.4 Å². The molecule has 0 aliphatic heterocycles. The number of aliphatic hydroxyl groups is 1. The van der Waals surface area contributed by atoms with E-state index in [1.54, 1.807) is 13.8 Å². The van der Waals surface area contributed by atoms with E-state index in [9.17, 15) is 9.90 Å². The summed E-state index contributed by atoms with van der Waals surface area (Å²) in [5, 5.41) is 17.7. The number of aliphatic hydroxyl groups excluding tert-OH is 1. The van der Waals surface area contributed by atoms with Crippen LogP contribution < -0.4 is 5.32 Å². The molecule has 0 spiro atoms. The highest BCUT2D eigenvalue weighted by Gasteiger charge is 2.44. The highest BCUT2D eigenvalue weighted by atomic mass is 35.5. The second kappa shape index (κ2) is 5.85. The van der Waals surface area contributed by atoms with E-state index in [0.717, 1.165) is 30.5 Å². The molecule has 1 aromatic heterocycles. The molecule has 0 unspecified atom stereocenters. The molecular weight excluding hydrogens is 338 g/mol. The van der Waals surface area contributed by atoms with E-state index in [-0.39, 0.29) is 12.5 Å². The predicted octanol–water partition coefficient (Wildman–Crippen LogP) is 3.39. The number of hydrogen-bond acceptors (Lipinski definition) is 3. The molecule has 2 aromatic rings. The minimum atomic E-state index is -0.675. The Morgan fingerprint density at radius 3 is 2.68 bits per heavy atom. The molecule has 2 atom stereocenters. The second-order valence-corrected chi connectivity index (χ2v) is 8.18. The zero-order valence-corrected chi connectivity index (χ0v) is 15.2. The maximum Gasteiger partial charge on any atom is 0.272 e. The molecule has 132 valence electrons. The number of aromatic nitrogens is 2. The number of benzene rings is 1. The molecular formula is C19H22ClN3O2. The molecule has 6 heteroatoms. The van der Waals surface area contributed by atoms with Crippen molar-refractivity contribution >= 4 is 17.5 Å². The van der Waals surface area contributed by atoms with Crippen molar-refractivity contribution in [2.45, 2.75) is 50.5 Å². The Labute approximate surface area is 152 Å². The van der Waals surface area contributed by atoms with E-state index >= 15 is 0 Å². The Hall–Kier alpha value is -1.85. The Morgan fingerprint density at radius 2 is 2.00 bits per heavy atom. The summed E-state index contributed by atoms with van der Waals surface area (Å²) < 4.78 is 1.91. The molecule has 2 aliphatic carbocycles. The van der Waals surface area contributed by atoms with Gasteiger partial charge in [0.2, 0.25) is 0 Å². The minimum Gasteiger partial charge on any atom is -0.394 e. The molecule has 4 rings (SSSR count). The number of fused-ring (bicyclic) bond motifs is 5. The van der Waals surface area contributed by atoms with Crippen LogP contribution in [0, 0.1) is 0 Å². The summed E-state index contributed by atoms with van der Waals surface area (Å²) in [7, 11) is 0. The van der Waals surface area contributed by atoms with Crippen LogP contribution in [0.1, 0.15) is 66.7 Å². The van der Waals surface area contributed by atoms with E-state index in [1.807, 2.05) is 28.9 Å². The molecule has 2 aliphatic rings. The van der Waals surface area contributed by atoms with Gasteiger partial charge in [-0.25, -0.2) is 4.68 Å². The third kappa shape index (κ3) is 2.75. The Bertz CT molecular complexity index is 826. The first-order valence-corrected chi connectivity index (χ1v) is 9.09. The first kappa shape index (κ1) is 16.6. The van der Waals surface area contributed by atoms with Crippen LogP contribution in [0.2, 0.25) is 5.02 Å². The highest BCUT2D eigenvalue weighted by molar-refractivity contribution is 6.30. The smallest absolute Gasteiger partial charge is 0.272 e. The number of carbonyl (C=O) groups excluding carboxylic acids is 1. The summed E-state index contributed by atoms with van der Waals surface area (Å²) in [5.74, 6) is 0.671. The number of carbonyl (C=O) groups is 1. The van der Waals surface area contributed by atoms with Crippen molar-refractivity contribution in [3.63, 3.8) is 0 Å². The summed E-state index contributed by atoms with van der Waals surface area (Å²) >= 11 is 6.01. The zero-order valence-electron chi connectivity index (χ0n) is 14.4. The number of halogens is 1. The molecule has 1 aromatic carbocycles. The van der Waals surface area contributed by atoms with Crippen LogP contribution >= 0.6 is 11.6 Å². The lowest BCUT2D eigenvalue weighted by atomic mass is 9.94. The molecule has 0 saturated heterocycles. The molecule has 25 heavy (non-hydrogen) atoms. The topological polar surface area (TPSA) is 67.2 Å². The highest BCUT2D eigenvalue weighted by Crippen LogP contribution is 2.54. The van der Waals surface area contributed by atoms with Crippen molar-refractivity contribution in [2.75, 3.05) is 6.61 Å². The zero-order chi connectivity index (χ0) is 17.8. The monoisotopic (exact) mass is 359 g/mol. The predicted molar refractivity (Wildman–Crippen MR) is 96.5 cm³/mol. The van der Waals surface area contributed by atoms with Crippen LogP contribution in [0.5, 0.6) is 0 Å². The van der Waals surface area contributed by atoms with Crippen molar-refractivity contribution in [3.05, 3.63) is 46.2 Å². The quantitative estimate of drug-likeness (QED) is 0.879. The SMILES string of the molecule is CC(C)(CO)NC(=O)c1nn(-c2ccc(Cl)cc2)c2c1[C@@H]1CC[C@@H]2C1. The minimum absolute atomic E-state index is 0.120. The molecule has 1 fully saturated rings. The molecule has 2 bridgehead atoms. The summed E-state index contributed by atoms with van der Waals surface area (Å²) in [5.41, 5.74) is 3.02. The fraction of sp³-hybridized carbons (Fsp3) is 0.474. The van der Waals surface area contributed by atoms with E-state index < -0.39 is 5.54 Å². The number of hydrogen-bond donors (Lipinski definition) is 2. The summed E-state index contributed by atoms with van der Waals surface area (Å²) in [4.78, 5) is 12.8. The number of nitrogens with zero attached hydrogens (tertiary/aromatic N) is 2. The average Bonchev–Trinajstić information content (AvgIpc) is 3.27. The normalized spacial score (nSPS) is 21.4. The molecule has 5 nitrogen and oxygen atoms in total. The summed E-state index contributed by atoms with van der Waals surface area (Å²) in [6.45, 7) is 3.48. The van der Waals surface area contributed by atoms with Crippen LogP contribution in [0.3, 0.4) is 0 Å². The van der Waals surface area contributed by atoms with E-state index in [0.29, 0.717) is 22.6 Å². The van der Waals surface area contributed by atoms with Crippen LogP contribution in [0.25, 0.3) is 5.69 Å². The van der Waals surface area contributed by atoms with Gasteiger partial charge in [0.05, 0.1) is 23.5 Å². The van der Waals surface area contributed by atoms with Crippen LogP contribution in [-0.2, 0) is 0 Å². The molecule has 1 saturated carbocycles. The maximum atomic E-state index is 12.8. The van der Waals surface area contributed by atoms with Crippen LogP contribution in [0.15, 0.2) is 24.3 Å². The lowest BCUT2D eigenvalue weighted by Gasteiger charge is -2.23. The Kier molecular flexibility index (Phi) is 3.89. The van der Waals surface area contributed by atoms with Crippen LogP contribution in [0.4, 0.5) is 0 Å². The van der Waals surface area contributed by atoms with Crippen molar-refractivity contribution in [1.29, 1.82) is 0 Å². The van der Waals surface area contributed by atoms with Gasteiger partial charge in [0.15, 0.2) is 5.69 Å². The lowest BCUT2D eigenvalue weighted by Crippen LogP contribution is -2.46. The molecule has 0 radical (unpaired) electrons. The van der Waals surface area contributed by atoms with Crippen molar-refractivity contribution < 1.29 is 9.90 Å². The summed E-state index contributed by atoms with van der Waals surface area (Å²) in [6.07, 6.45) is 3.37. The largest absolute Gasteiger partial charge is 0.394 e. The average molecular weight is 360 g/mol. The standard InChI is InChI=1S/C19H22ClN3O2/c1-19(2,10-24)21-18(25)16-15-11-3-4-12(9-11)17(15)23(22-16)14-7-5-13(20)6-8-14/h5-8,11-12,24H,3-4,9-10H2,1-2H3,(H,21,25)/t11-,12-/m1/s1. The van der Waals surface area contributed by atoms with Crippen molar-refractivity contribution in [1.82, 2.24) is 15.1 Å². The molecule has 2 N–H and O–H groups in total. The first-order valence-electron chi connectivity index (χ1n) is 8.72. The van der Waals surface area contributed by atoms with Gasteiger partial charge in [0.1, 0.15) is 0 Å². The van der Waals surface area contributed by atoms with Gasteiger partial charge in [-0.2, -0.15) is 5.10 Å². The van der Waals surface area contributed by atoms with Gasteiger partial charge in [-0.3, -0.25) is 4.79 Å². The molecule has 1 amide bonds. The third-order valence-corrected chi connectivity index (χ3v) is 5.57. The fourth-order valence-corrected chi connectivity index (χ4v) is 4.21. The van der Waals surface area contributed by atoms with Crippen molar-refractivity contribution in [3.8, 4) is 5.69 Å². The molecule has 1 heterocycles. The van der Waals surface area contributed by atoms with Gasteiger partial charge >= 0.3 is 0 Å². The van der Waals surface area contributed by atoms with Gasteiger partial charge in [-0.1, -0.05) is 11.6 Å². The van der Waals surface area contributed by atoms with E-state index in [4.69, 9.17) is 11.6 Å². The van der Waals surface area contributed by atoms with Gasteiger partial charge in [0, 0.05) is 16.5 Å². The lowest BCUT2D eigenvalue weighted by molar-refractivity contribution is 0.0862. The Balaban J connectivity index is 1.79. The Morgan fingerprint density at radius 1 is 1.32 bits per heavy atom. The number of rotatable bonds is 4.